The van der Waals surface area contributed by atoms with Crippen molar-refractivity contribution in [1.82, 2.24) is 38.2 Å². The summed E-state index contributed by atoms with van der Waals surface area (Å²) in [4.78, 5) is 16.6. The largest absolute Gasteiger partial charge is 0.631 e. The molecule has 0 amide bonds. The average Bonchev–Trinajstić information content (AvgIpc) is 4.20. The molecular formula is C60H84BFN8O3. The van der Waals surface area contributed by atoms with Gasteiger partial charge in [0, 0.05) is 49.6 Å². The quantitative estimate of drug-likeness (QED) is 0.104. The van der Waals surface area contributed by atoms with E-state index in [0.717, 1.165) is 0 Å². The minimum atomic E-state index is -2.17. The molecule has 0 saturated carbocycles. The normalized spacial score (nSPS) is 11.0. The van der Waals surface area contributed by atoms with Crippen molar-refractivity contribution in [2.45, 2.75) is 158 Å². The van der Waals surface area contributed by atoms with Crippen molar-refractivity contribution in [3.8, 4) is 22.7 Å². The minimum absolute atomic E-state index is 0. The fraction of sp³-hybridized carbons (Fsp3) is 0.400. The van der Waals surface area contributed by atoms with Crippen LogP contribution in [0.2, 0.25) is 0 Å². The smallest absolute Gasteiger partial charge is 0.402 e. The topological polar surface area (TPSA) is 132 Å². The molecule has 0 aliphatic heterocycles. The monoisotopic (exact) mass is 995 g/mol. The molecule has 0 aliphatic rings. The molecule has 8 rings (SSSR count). The molecule has 3 N–H and O–H groups in total. The SMILES string of the molecule is CC(C)c1cccc(C(C)C)c1-n1ccnc1.CC(C)c1cccc(C(C)C)c1-n1ccnc1.CC(C)c1cccc(C(C)C)c1-n1ccnc1.CC(C)c1cccc(C(C)C)c1-n1ccnc1.F.OB(O)O. The third-order valence-corrected chi connectivity index (χ3v) is 12.4. The predicted molar refractivity (Wildman–Crippen MR) is 302 cm³/mol. The summed E-state index contributed by atoms with van der Waals surface area (Å²) in [6.07, 6.45) is 23.0. The van der Waals surface area contributed by atoms with Gasteiger partial charge in [-0.1, -0.05) is 184 Å². The number of hydrogen-bond donors (Lipinski definition) is 3. The summed E-state index contributed by atoms with van der Waals surface area (Å²) in [5.41, 5.74) is 16.3. The Hall–Kier alpha value is -6.41. The van der Waals surface area contributed by atoms with Crippen LogP contribution in [0.25, 0.3) is 22.7 Å². The Labute approximate surface area is 436 Å². The molecule has 13 heteroatoms. The number of para-hydroxylation sites is 4. The number of halogens is 1. The van der Waals surface area contributed by atoms with Crippen LogP contribution in [-0.2, 0) is 0 Å². The van der Waals surface area contributed by atoms with Crippen LogP contribution >= 0.6 is 0 Å². The second-order valence-corrected chi connectivity index (χ2v) is 20.6. The van der Waals surface area contributed by atoms with E-state index in [-0.39, 0.29) is 4.70 Å². The zero-order valence-corrected chi connectivity index (χ0v) is 46.4. The van der Waals surface area contributed by atoms with Gasteiger partial charge in [0.25, 0.3) is 0 Å². The summed E-state index contributed by atoms with van der Waals surface area (Å²) in [6.45, 7) is 35.8. The molecule has 0 atom stereocenters. The van der Waals surface area contributed by atoms with Gasteiger partial charge in [-0.25, -0.2) is 19.9 Å². The average molecular weight is 995 g/mol. The zero-order chi connectivity index (χ0) is 53.2. The molecule has 392 valence electrons. The van der Waals surface area contributed by atoms with Crippen molar-refractivity contribution >= 4 is 7.32 Å². The van der Waals surface area contributed by atoms with E-state index in [1.165, 1.54) is 67.3 Å². The first-order chi connectivity index (χ1) is 34.2. The molecule has 11 nitrogen and oxygen atoms in total. The van der Waals surface area contributed by atoms with Crippen molar-refractivity contribution in [3.63, 3.8) is 0 Å². The first kappa shape index (κ1) is 60.9. The molecule has 0 unspecified atom stereocenters. The van der Waals surface area contributed by atoms with Gasteiger partial charge in [0.2, 0.25) is 0 Å². The first-order valence-electron chi connectivity index (χ1n) is 25.7. The van der Waals surface area contributed by atoms with Crippen LogP contribution in [-0.4, -0.2) is 60.6 Å². The fourth-order valence-corrected chi connectivity index (χ4v) is 8.81. The molecule has 4 aromatic heterocycles. The van der Waals surface area contributed by atoms with Crippen LogP contribution in [0.15, 0.2) is 148 Å². The van der Waals surface area contributed by atoms with Crippen molar-refractivity contribution in [2.24, 2.45) is 0 Å². The van der Waals surface area contributed by atoms with Crippen LogP contribution in [0, 0.1) is 0 Å². The van der Waals surface area contributed by atoms with Gasteiger partial charge < -0.3 is 33.3 Å². The lowest BCUT2D eigenvalue weighted by atomic mass is 9.92. The maximum absolute atomic E-state index is 7.17. The highest BCUT2D eigenvalue weighted by atomic mass is 19.0. The van der Waals surface area contributed by atoms with E-state index >= 15 is 0 Å². The lowest BCUT2D eigenvalue weighted by Crippen LogP contribution is -2.07. The number of hydrogen-bond acceptors (Lipinski definition) is 7. The van der Waals surface area contributed by atoms with Gasteiger partial charge in [0.05, 0.1) is 48.1 Å². The molecule has 0 spiro atoms. The van der Waals surface area contributed by atoms with E-state index in [9.17, 15) is 0 Å². The number of rotatable bonds is 12. The summed E-state index contributed by atoms with van der Waals surface area (Å²) in [7, 11) is -2.17. The van der Waals surface area contributed by atoms with Crippen molar-refractivity contribution in [3.05, 3.63) is 192 Å². The lowest BCUT2D eigenvalue weighted by molar-refractivity contribution is 0.278. The maximum atomic E-state index is 7.17. The van der Waals surface area contributed by atoms with Gasteiger partial charge in [-0.3, -0.25) is 4.70 Å². The molecule has 0 saturated heterocycles. The van der Waals surface area contributed by atoms with Gasteiger partial charge in [-0.15, -0.1) is 0 Å². The van der Waals surface area contributed by atoms with Crippen LogP contribution in [0.3, 0.4) is 0 Å². The Morgan fingerprint density at radius 2 is 0.438 bits per heavy atom. The maximum Gasteiger partial charge on any atom is 0.631 e. The Balaban J connectivity index is 0.000000249. The molecule has 73 heavy (non-hydrogen) atoms. The summed E-state index contributed by atoms with van der Waals surface area (Å²) in [6, 6.07) is 26.3. The van der Waals surface area contributed by atoms with E-state index in [4.69, 9.17) is 15.1 Å². The standard InChI is InChI=1S/4C15H20N2.BH3O3.FH/c4*1-11(2)13-6-5-7-14(12(3)4)15(13)17-9-8-16-10-17;2-1(3)4;/h4*5-12H,1-4H3;2-4H;1H. The first-order valence-corrected chi connectivity index (χ1v) is 25.7. The van der Waals surface area contributed by atoms with E-state index in [1.807, 2.05) is 74.9 Å². The second kappa shape index (κ2) is 29.3. The molecule has 8 aromatic rings. The van der Waals surface area contributed by atoms with Crippen LogP contribution in [0.5, 0.6) is 0 Å². The summed E-state index contributed by atoms with van der Waals surface area (Å²) >= 11 is 0. The summed E-state index contributed by atoms with van der Waals surface area (Å²) in [5, 5.41) is 21.5. The lowest BCUT2D eigenvalue weighted by Gasteiger charge is -2.19. The molecule has 0 fully saturated rings. The van der Waals surface area contributed by atoms with Gasteiger partial charge in [-0.05, 0) is 91.9 Å². The Morgan fingerprint density at radius 3 is 0.534 bits per heavy atom. The van der Waals surface area contributed by atoms with Gasteiger partial charge in [-0.2, -0.15) is 0 Å². The molecule has 0 bridgehead atoms. The third-order valence-electron chi connectivity index (χ3n) is 12.4. The van der Waals surface area contributed by atoms with E-state index in [2.05, 4.69) is 222 Å². The summed E-state index contributed by atoms with van der Waals surface area (Å²) < 4.78 is 8.52. The number of imidazole rings is 4. The molecule has 0 aliphatic carbocycles. The van der Waals surface area contributed by atoms with Crippen molar-refractivity contribution < 1.29 is 19.8 Å². The molecule has 4 heterocycles. The highest BCUT2D eigenvalue weighted by Gasteiger charge is 2.18. The summed E-state index contributed by atoms with van der Waals surface area (Å²) in [5.74, 6) is 4.16. The third kappa shape index (κ3) is 16.8. The molecule has 0 radical (unpaired) electrons. The number of aromatic nitrogens is 8. The van der Waals surface area contributed by atoms with Crippen molar-refractivity contribution in [2.75, 3.05) is 0 Å². The highest BCUT2D eigenvalue weighted by molar-refractivity contribution is 6.30. The van der Waals surface area contributed by atoms with Crippen LogP contribution in [0.1, 0.15) is 203 Å². The fourth-order valence-electron chi connectivity index (χ4n) is 8.81. The van der Waals surface area contributed by atoms with E-state index in [1.54, 1.807) is 0 Å². The zero-order valence-electron chi connectivity index (χ0n) is 46.4. The molecular weight excluding hydrogens is 911 g/mol. The van der Waals surface area contributed by atoms with Crippen molar-refractivity contribution in [1.29, 1.82) is 0 Å². The van der Waals surface area contributed by atoms with E-state index < -0.39 is 7.32 Å². The van der Waals surface area contributed by atoms with Gasteiger partial charge in [0.15, 0.2) is 0 Å². The Bertz CT molecular complexity index is 2280. The molecule has 4 aromatic carbocycles. The minimum Gasteiger partial charge on any atom is -0.402 e. The second-order valence-electron chi connectivity index (χ2n) is 20.6. The van der Waals surface area contributed by atoms with E-state index in [0.29, 0.717) is 47.3 Å². The predicted octanol–water partition coefficient (Wildman–Crippen LogP) is 14.6. The Morgan fingerprint density at radius 1 is 0.301 bits per heavy atom. The van der Waals surface area contributed by atoms with Crippen LogP contribution < -0.4 is 0 Å². The Kier molecular flexibility index (Phi) is 24.5. The van der Waals surface area contributed by atoms with Crippen LogP contribution in [0.4, 0.5) is 4.70 Å². The number of nitrogens with zero attached hydrogens (tertiary/aromatic N) is 8. The highest BCUT2D eigenvalue weighted by Crippen LogP contribution is 2.34. The van der Waals surface area contributed by atoms with Gasteiger partial charge >= 0.3 is 7.32 Å². The van der Waals surface area contributed by atoms with Gasteiger partial charge in [0.1, 0.15) is 0 Å². The number of benzene rings is 4.